The molecule has 0 atom stereocenters. The lowest BCUT2D eigenvalue weighted by atomic mass is 10.2. The molecule has 112 valence electrons. The molecule has 0 radical (unpaired) electrons. The average molecular weight is 325 g/mol. The van der Waals surface area contributed by atoms with E-state index in [1.807, 2.05) is 6.07 Å². The van der Waals surface area contributed by atoms with Crippen LogP contribution in [0.25, 0.3) is 0 Å². The zero-order valence-corrected chi connectivity index (χ0v) is 13.6. The number of hydrogen-bond acceptors (Lipinski definition) is 3. The summed E-state index contributed by atoms with van der Waals surface area (Å²) < 4.78 is 5.86. The van der Waals surface area contributed by atoms with E-state index in [0.29, 0.717) is 27.5 Å². The van der Waals surface area contributed by atoms with Crippen LogP contribution in [0, 0.1) is 5.92 Å². The van der Waals surface area contributed by atoms with E-state index in [9.17, 15) is 0 Å². The maximum Gasteiger partial charge on any atom is 0.150 e. The summed E-state index contributed by atoms with van der Waals surface area (Å²) in [7, 11) is 0. The zero-order chi connectivity index (χ0) is 15.2. The van der Waals surface area contributed by atoms with Crippen LogP contribution in [0.2, 0.25) is 10.0 Å². The van der Waals surface area contributed by atoms with Crippen molar-refractivity contribution in [3.05, 3.63) is 52.3 Å². The molecule has 0 bridgehead atoms. The topological polar surface area (TPSA) is 34.2 Å². The SMILES string of the molecule is CC(C)CNCc1ccncc1Oc1ccc(Cl)cc1Cl. The highest BCUT2D eigenvalue weighted by molar-refractivity contribution is 6.35. The van der Waals surface area contributed by atoms with Crippen molar-refractivity contribution < 1.29 is 4.74 Å². The highest BCUT2D eigenvalue weighted by Crippen LogP contribution is 2.32. The molecule has 0 aliphatic heterocycles. The van der Waals surface area contributed by atoms with Crippen LogP contribution in [0.4, 0.5) is 0 Å². The van der Waals surface area contributed by atoms with E-state index in [0.717, 1.165) is 18.7 Å². The first kappa shape index (κ1) is 16.1. The molecule has 0 saturated carbocycles. The minimum atomic E-state index is 0.479. The Bertz CT molecular complexity index is 603. The molecule has 1 aromatic carbocycles. The van der Waals surface area contributed by atoms with E-state index in [1.165, 1.54) is 0 Å². The molecular formula is C16H18Cl2N2O. The predicted octanol–water partition coefficient (Wildman–Crippen LogP) is 4.93. The molecule has 1 heterocycles. The van der Waals surface area contributed by atoms with Crippen LogP contribution in [0.3, 0.4) is 0 Å². The van der Waals surface area contributed by atoms with Gasteiger partial charge < -0.3 is 10.1 Å². The molecule has 5 heteroatoms. The van der Waals surface area contributed by atoms with Crippen molar-refractivity contribution in [3.63, 3.8) is 0 Å². The number of nitrogens with zero attached hydrogens (tertiary/aromatic N) is 1. The van der Waals surface area contributed by atoms with Gasteiger partial charge in [0.15, 0.2) is 0 Å². The lowest BCUT2D eigenvalue weighted by molar-refractivity contribution is 0.467. The summed E-state index contributed by atoms with van der Waals surface area (Å²) in [5.41, 5.74) is 1.04. The minimum Gasteiger partial charge on any atom is -0.454 e. The summed E-state index contributed by atoms with van der Waals surface area (Å²) in [6.07, 6.45) is 3.44. The van der Waals surface area contributed by atoms with Gasteiger partial charge in [0, 0.05) is 23.3 Å². The maximum atomic E-state index is 6.13. The lowest BCUT2D eigenvalue weighted by Gasteiger charge is -2.13. The second-order valence-electron chi connectivity index (χ2n) is 5.18. The van der Waals surface area contributed by atoms with E-state index in [1.54, 1.807) is 30.6 Å². The number of nitrogens with one attached hydrogen (secondary N) is 1. The summed E-state index contributed by atoms with van der Waals surface area (Å²) in [5.74, 6) is 1.86. The Morgan fingerprint density at radius 1 is 1.19 bits per heavy atom. The Hall–Kier alpha value is -1.29. The maximum absolute atomic E-state index is 6.13. The Labute approximate surface area is 135 Å². The molecule has 1 N–H and O–H groups in total. The van der Waals surface area contributed by atoms with Gasteiger partial charge in [0.1, 0.15) is 11.5 Å². The molecule has 0 unspecified atom stereocenters. The van der Waals surface area contributed by atoms with Gasteiger partial charge >= 0.3 is 0 Å². The van der Waals surface area contributed by atoms with Crippen LogP contribution in [-0.4, -0.2) is 11.5 Å². The first-order chi connectivity index (χ1) is 10.1. The van der Waals surface area contributed by atoms with Crippen LogP contribution in [0.5, 0.6) is 11.5 Å². The van der Waals surface area contributed by atoms with Gasteiger partial charge in [0.25, 0.3) is 0 Å². The molecular weight excluding hydrogens is 307 g/mol. The Morgan fingerprint density at radius 2 is 2.00 bits per heavy atom. The third-order valence-electron chi connectivity index (χ3n) is 2.85. The molecule has 0 amide bonds. The van der Waals surface area contributed by atoms with E-state index < -0.39 is 0 Å². The number of pyridine rings is 1. The fraction of sp³-hybridized carbons (Fsp3) is 0.312. The van der Waals surface area contributed by atoms with E-state index in [2.05, 4.69) is 24.1 Å². The van der Waals surface area contributed by atoms with Gasteiger partial charge in [-0.15, -0.1) is 0 Å². The van der Waals surface area contributed by atoms with Gasteiger partial charge in [0.2, 0.25) is 0 Å². The average Bonchev–Trinajstić information content (AvgIpc) is 2.43. The second kappa shape index (κ2) is 7.64. The fourth-order valence-electron chi connectivity index (χ4n) is 1.82. The fourth-order valence-corrected chi connectivity index (χ4v) is 2.27. The number of hydrogen-bond donors (Lipinski definition) is 1. The van der Waals surface area contributed by atoms with Crippen molar-refractivity contribution >= 4 is 23.2 Å². The molecule has 3 nitrogen and oxygen atoms in total. The Kier molecular flexibility index (Phi) is 5.85. The largest absolute Gasteiger partial charge is 0.454 e. The van der Waals surface area contributed by atoms with Gasteiger partial charge in [-0.2, -0.15) is 0 Å². The van der Waals surface area contributed by atoms with Crippen molar-refractivity contribution in [2.45, 2.75) is 20.4 Å². The standard InChI is InChI=1S/C16H18Cl2N2O/c1-11(2)8-20-9-12-5-6-19-10-16(12)21-15-4-3-13(17)7-14(15)18/h3-7,10-11,20H,8-9H2,1-2H3. The molecule has 1 aromatic heterocycles. The number of benzene rings is 1. The number of aromatic nitrogens is 1. The van der Waals surface area contributed by atoms with Crippen molar-refractivity contribution in [2.24, 2.45) is 5.92 Å². The Balaban J connectivity index is 2.12. The molecule has 21 heavy (non-hydrogen) atoms. The molecule has 0 aliphatic rings. The quantitative estimate of drug-likeness (QED) is 0.818. The highest BCUT2D eigenvalue weighted by atomic mass is 35.5. The summed E-state index contributed by atoms with van der Waals surface area (Å²) in [6.45, 7) is 6.01. The minimum absolute atomic E-state index is 0.479. The van der Waals surface area contributed by atoms with Crippen LogP contribution in [-0.2, 0) is 6.54 Å². The number of halogens is 2. The Morgan fingerprint density at radius 3 is 2.71 bits per heavy atom. The lowest BCUT2D eigenvalue weighted by Crippen LogP contribution is -2.19. The van der Waals surface area contributed by atoms with Gasteiger partial charge in [-0.25, -0.2) is 0 Å². The van der Waals surface area contributed by atoms with Crippen LogP contribution >= 0.6 is 23.2 Å². The summed E-state index contributed by atoms with van der Waals surface area (Å²) in [4.78, 5) is 4.11. The van der Waals surface area contributed by atoms with Gasteiger partial charge in [-0.05, 0) is 36.7 Å². The number of ether oxygens (including phenoxy) is 1. The van der Waals surface area contributed by atoms with Crippen molar-refractivity contribution in [2.75, 3.05) is 6.54 Å². The van der Waals surface area contributed by atoms with Crippen molar-refractivity contribution in [1.82, 2.24) is 10.3 Å². The normalized spacial score (nSPS) is 10.9. The van der Waals surface area contributed by atoms with Crippen molar-refractivity contribution in [3.8, 4) is 11.5 Å². The van der Waals surface area contributed by atoms with Crippen molar-refractivity contribution in [1.29, 1.82) is 0 Å². The van der Waals surface area contributed by atoms with Crippen LogP contribution in [0.15, 0.2) is 36.7 Å². The smallest absolute Gasteiger partial charge is 0.150 e. The molecule has 0 saturated heterocycles. The zero-order valence-electron chi connectivity index (χ0n) is 12.1. The van der Waals surface area contributed by atoms with Crippen LogP contribution < -0.4 is 10.1 Å². The molecule has 2 rings (SSSR count). The summed E-state index contributed by atoms with van der Waals surface area (Å²) in [6, 6.07) is 7.09. The monoisotopic (exact) mass is 324 g/mol. The first-order valence-corrected chi connectivity index (χ1v) is 7.58. The highest BCUT2D eigenvalue weighted by Gasteiger charge is 2.08. The second-order valence-corrected chi connectivity index (χ2v) is 6.03. The number of rotatable bonds is 6. The van der Waals surface area contributed by atoms with E-state index in [-0.39, 0.29) is 0 Å². The molecule has 0 fully saturated rings. The summed E-state index contributed by atoms with van der Waals surface area (Å²) >= 11 is 12.0. The van der Waals surface area contributed by atoms with Crippen LogP contribution in [0.1, 0.15) is 19.4 Å². The molecule has 2 aromatic rings. The van der Waals surface area contributed by atoms with E-state index >= 15 is 0 Å². The predicted molar refractivity (Wildman–Crippen MR) is 87.3 cm³/mol. The van der Waals surface area contributed by atoms with E-state index in [4.69, 9.17) is 27.9 Å². The van der Waals surface area contributed by atoms with Gasteiger partial charge in [-0.3, -0.25) is 4.98 Å². The van der Waals surface area contributed by atoms with Gasteiger partial charge in [-0.1, -0.05) is 37.0 Å². The third kappa shape index (κ3) is 4.88. The third-order valence-corrected chi connectivity index (χ3v) is 3.38. The summed E-state index contributed by atoms with van der Waals surface area (Å²) in [5, 5.41) is 4.45. The first-order valence-electron chi connectivity index (χ1n) is 6.82. The van der Waals surface area contributed by atoms with Gasteiger partial charge in [0.05, 0.1) is 11.2 Å². The molecule has 0 spiro atoms. The molecule has 0 aliphatic carbocycles.